The molecule has 0 aromatic carbocycles. The van der Waals surface area contributed by atoms with E-state index in [0.717, 1.165) is 12.3 Å². The zero-order valence-electron chi connectivity index (χ0n) is 10.6. The quantitative estimate of drug-likeness (QED) is 0.681. The van der Waals surface area contributed by atoms with E-state index in [2.05, 4.69) is 34.6 Å². The third kappa shape index (κ3) is 4.99. The van der Waals surface area contributed by atoms with E-state index >= 15 is 0 Å². The molecule has 0 radical (unpaired) electrons. The van der Waals surface area contributed by atoms with Crippen LogP contribution in [-0.2, 0) is 0 Å². The summed E-state index contributed by atoms with van der Waals surface area (Å²) >= 11 is 0. The standard InChI is InChI=1S/C10H20O.C3H8/c1-7(2)9-5-4-8(3)6-10(9)11;1-3-2/h7-11H,4-6H2,1-3H3;3H2,1-2H3. The van der Waals surface area contributed by atoms with Crippen LogP contribution in [0.4, 0.5) is 0 Å². The fourth-order valence-electron chi connectivity index (χ4n) is 2.15. The van der Waals surface area contributed by atoms with E-state index in [-0.39, 0.29) is 6.10 Å². The topological polar surface area (TPSA) is 20.2 Å². The summed E-state index contributed by atoms with van der Waals surface area (Å²) in [6, 6.07) is 0. The molecule has 0 saturated heterocycles. The zero-order valence-corrected chi connectivity index (χ0v) is 10.6. The van der Waals surface area contributed by atoms with Gasteiger partial charge in [0.25, 0.3) is 0 Å². The van der Waals surface area contributed by atoms with Gasteiger partial charge in [0, 0.05) is 0 Å². The van der Waals surface area contributed by atoms with Gasteiger partial charge in [-0.25, -0.2) is 0 Å². The summed E-state index contributed by atoms with van der Waals surface area (Å²) in [5.41, 5.74) is 0. The fraction of sp³-hybridized carbons (Fsp3) is 1.00. The third-order valence-electron chi connectivity index (χ3n) is 2.99. The highest BCUT2D eigenvalue weighted by molar-refractivity contribution is 4.79. The van der Waals surface area contributed by atoms with Gasteiger partial charge >= 0.3 is 0 Å². The van der Waals surface area contributed by atoms with Gasteiger partial charge < -0.3 is 5.11 Å². The van der Waals surface area contributed by atoms with Crippen LogP contribution >= 0.6 is 0 Å². The molecule has 1 fully saturated rings. The van der Waals surface area contributed by atoms with Crippen molar-refractivity contribution in [3.8, 4) is 0 Å². The Morgan fingerprint density at radius 2 is 1.71 bits per heavy atom. The molecule has 1 nitrogen and oxygen atoms in total. The van der Waals surface area contributed by atoms with Gasteiger partial charge in [0.1, 0.15) is 0 Å². The second-order valence-electron chi connectivity index (χ2n) is 5.10. The van der Waals surface area contributed by atoms with Crippen LogP contribution in [0.15, 0.2) is 0 Å². The monoisotopic (exact) mass is 200 g/mol. The Morgan fingerprint density at radius 1 is 1.21 bits per heavy atom. The van der Waals surface area contributed by atoms with Crippen LogP contribution in [0.1, 0.15) is 60.3 Å². The molecule has 14 heavy (non-hydrogen) atoms. The summed E-state index contributed by atoms with van der Waals surface area (Å²) in [5, 5.41) is 9.71. The van der Waals surface area contributed by atoms with E-state index in [1.807, 2.05) is 0 Å². The predicted octanol–water partition coefficient (Wildman–Crippen LogP) is 3.86. The van der Waals surface area contributed by atoms with Gasteiger partial charge in [-0.15, -0.1) is 0 Å². The van der Waals surface area contributed by atoms with Crippen LogP contribution in [0.5, 0.6) is 0 Å². The molecule has 3 unspecified atom stereocenters. The molecule has 0 spiro atoms. The summed E-state index contributed by atoms with van der Waals surface area (Å²) < 4.78 is 0. The Bertz CT molecular complexity index is 131. The van der Waals surface area contributed by atoms with Crippen molar-refractivity contribution in [3.63, 3.8) is 0 Å². The van der Waals surface area contributed by atoms with Gasteiger partial charge in [0.15, 0.2) is 0 Å². The Hall–Kier alpha value is -0.0400. The first-order chi connectivity index (χ1) is 6.52. The average molecular weight is 200 g/mol. The molecule has 1 aliphatic rings. The minimum absolute atomic E-state index is 0.0289. The van der Waals surface area contributed by atoms with Gasteiger partial charge in [0.05, 0.1) is 6.10 Å². The van der Waals surface area contributed by atoms with Crippen LogP contribution in [0.3, 0.4) is 0 Å². The molecule has 1 N–H and O–H groups in total. The van der Waals surface area contributed by atoms with E-state index in [1.54, 1.807) is 0 Å². The molecule has 0 heterocycles. The molecular formula is C13H28O. The minimum Gasteiger partial charge on any atom is -0.393 e. The molecule has 1 rings (SSSR count). The molecule has 1 saturated carbocycles. The number of rotatable bonds is 1. The lowest BCUT2D eigenvalue weighted by molar-refractivity contribution is 0.0266. The number of hydrogen-bond acceptors (Lipinski definition) is 1. The predicted molar refractivity (Wildman–Crippen MR) is 63.3 cm³/mol. The maximum atomic E-state index is 9.71. The highest BCUT2D eigenvalue weighted by atomic mass is 16.3. The molecule has 0 aliphatic heterocycles. The maximum absolute atomic E-state index is 9.71. The van der Waals surface area contributed by atoms with Crippen molar-refractivity contribution in [2.45, 2.75) is 66.4 Å². The van der Waals surface area contributed by atoms with Crippen molar-refractivity contribution >= 4 is 0 Å². The highest BCUT2D eigenvalue weighted by Crippen LogP contribution is 2.33. The van der Waals surface area contributed by atoms with E-state index in [9.17, 15) is 5.11 Å². The first kappa shape index (κ1) is 14.0. The van der Waals surface area contributed by atoms with Crippen molar-refractivity contribution in [2.75, 3.05) is 0 Å². The van der Waals surface area contributed by atoms with Crippen LogP contribution in [-0.4, -0.2) is 11.2 Å². The van der Waals surface area contributed by atoms with E-state index in [1.165, 1.54) is 19.3 Å². The lowest BCUT2D eigenvalue weighted by atomic mass is 9.75. The van der Waals surface area contributed by atoms with Gasteiger partial charge in [-0.1, -0.05) is 47.5 Å². The first-order valence-electron chi connectivity index (χ1n) is 6.20. The molecular weight excluding hydrogens is 172 g/mol. The lowest BCUT2D eigenvalue weighted by Gasteiger charge is -2.33. The smallest absolute Gasteiger partial charge is 0.0573 e. The van der Waals surface area contributed by atoms with Crippen molar-refractivity contribution in [2.24, 2.45) is 17.8 Å². The lowest BCUT2D eigenvalue weighted by Crippen LogP contribution is -2.31. The zero-order chi connectivity index (χ0) is 11.1. The van der Waals surface area contributed by atoms with Crippen molar-refractivity contribution in [1.82, 2.24) is 0 Å². The van der Waals surface area contributed by atoms with Crippen molar-refractivity contribution in [3.05, 3.63) is 0 Å². The van der Waals surface area contributed by atoms with Crippen LogP contribution in [0.25, 0.3) is 0 Å². The van der Waals surface area contributed by atoms with Crippen molar-refractivity contribution < 1.29 is 5.11 Å². The van der Waals surface area contributed by atoms with Crippen molar-refractivity contribution in [1.29, 1.82) is 0 Å². The number of hydrogen-bond donors (Lipinski definition) is 1. The largest absolute Gasteiger partial charge is 0.393 e. The van der Waals surface area contributed by atoms with E-state index in [4.69, 9.17) is 0 Å². The molecule has 1 heteroatoms. The first-order valence-corrected chi connectivity index (χ1v) is 6.20. The second kappa shape index (κ2) is 7.28. The molecule has 0 aromatic heterocycles. The maximum Gasteiger partial charge on any atom is 0.0573 e. The SMILES string of the molecule is CC1CCC(C(C)C)C(O)C1.CCC. The normalized spacial score (nSPS) is 32.4. The van der Waals surface area contributed by atoms with Crippen LogP contribution in [0, 0.1) is 17.8 Å². The van der Waals surface area contributed by atoms with Crippen LogP contribution < -0.4 is 0 Å². The third-order valence-corrected chi connectivity index (χ3v) is 2.99. The summed E-state index contributed by atoms with van der Waals surface area (Å²) in [5.74, 6) is 1.95. The number of aliphatic hydroxyl groups is 1. The summed E-state index contributed by atoms with van der Waals surface area (Å²) in [4.78, 5) is 0. The van der Waals surface area contributed by atoms with E-state index in [0.29, 0.717) is 11.8 Å². The van der Waals surface area contributed by atoms with Gasteiger partial charge in [-0.05, 0) is 30.6 Å². The summed E-state index contributed by atoms with van der Waals surface area (Å²) in [6.45, 7) is 10.9. The molecule has 0 aromatic rings. The molecule has 86 valence electrons. The van der Waals surface area contributed by atoms with Gasteiger partial charge in [-0.3, -0.25) is 0 Å². The Morgan fingerprint density at radius 3 is 2.07 bits per heavy atom. The molecule has 0 bridgehead atoms. The highest BCUT2D eigenvalue weighted by Gasteiger charge is 2.28. The summed E-state index contributed by atoms with van der Waals surface area (Å²) in [6.07, 6.45) is 4.77. The minimum atomic E-state index is -0.0289. The van der Waals surface area contributed by atoms with Crippen LogP contribution in [0.2, 0.25) is 0 Å². The fourth-order valence-corrected chi connectivity index (χ4v) is 2.15. The van der Waals surface area contributed by atoms with E-state index < -0.39 is 0 Å². The average Bonchev–Trinajstić information content (AvgIpc) is 2.04. The molecule has 3 atom stereocenters. The van der Waals surface area contributed by atoms with Gasteiger partial charge in [-0.2, -0.15) is 0 Å². The van der Waals surface area contributed by atoms with Gasteiger partial charge in [0.2, 0.25) is 0 Å². The second-order valence-corrected chi connectivity index (χ2v) is 5.10. The molecule has 0 amide bonds. The number of aliphatic hydroxyl groups excluding tert-OH is 1. The Labute approximate surface area is 89.9 Å². The Kier molecular flexibility index (Phi) is 7.26. The molecule has 1 aliphatic carbocycles. The summed E-state index contributed by atoms with van der Waals surface area (Å²) in [7, 11) is 0. The Balaban J connectivity index is 0.000000500.